The topological polar surface area (TPSA) is 0 Å². The maximum Gasteiger partial charge on any atom is -0.00269 e. The Hall–Kier alpha value is -1.82. The Morgan fingerprint density at radius 1 is 1.06 bits per heavy atom. The highest BCUT2D eigenvalue weighted by molar-refractivity contribution is 6.17. The molecule has 2 aliphatic rings. The predicted octanol–water partition coefficient (Wildman–Crippen LogP) is 5.03. The third-order valence-corrected chi connectivity index (χ3v) is 4.48. The highest BCUT2D eigenvalue weighted by atomic mass is 14.3. The molecule has 0 bridgehead atoms. The normalized spacial score (nSPS) is 16.6. The number of hydrogen-bond acceptors (Lipinski definition) is 0. The highest BCUT2D eigenvalue weighted by Gasteiger charge is 2.24. The quantitative estimate of drug-likeness (QED) is 0.597. The Kier molecular flexibility index (Phi) is 1.89. The van der Waals surface area contributed by atoms with E-state index in [-0.39, 0.29) is 0 Å². The summed E-state index contributed by atoms with van der Waals surface area (Å²) < 4.78 is 0. The second kappa shape index (κ2) is 3.35. The molecule has 0 saturated carbocycles. The van der Waals surface area contributed by atoms with E-state index < -0.39 is 0 Å². The molecule has 2 aromatic rings. The van der Waals surface area contributed by atoms with Gasteiger partial charge in [0, 0.05) is 0 Å². The van der Waals surface area contributed by atoms with Crippen molar-refractivity contribution in [2.75, 3.05) is 0 Å². The van der Waals surface area contributed by atoms with Gasteiger partial charge in [0.1, 0.15) is 0 Å². The fourth-order valence-electron chi connectivity index (χ4n) is 3.42. The number of rotatable bonds is 0. The molecule has 0 fully saturated rings. The van der Waals surface area contributed by atoms with Crippen LogP contribution in [0.15, 0.2) is 36.4 Å². The first-order valence-electron chi connectivity index (χ1n) is 6.71. The lowest BCUT2D eigenvalue weighted by Gasteiger charge is -2.11. The van der Waals surface area contributed by atoms with Crippen LogP contribution in [0, 0.1) is 13.8 Å². The average molecular weight is 232 g/mol. The minimum absolute atomic E-state index is 1.18. The summed E-state index contributed by atoms with van der Waals surface area (Å²) >= 11 is 0. The predicted molar refractivity (Wildman–Crippen MR) is 78.6 cm³/mol. The zero-order valence-corrected chi connectivity index (χ0v) is 10.9. The van der Waals surface area contributed by atoms with Crippen LogP contribution < -0.4 is 0 Å². The van der Waals surface area contributed by atoms with Crippen LogP contribution in [-0.4, -0.2) is 0 Å². The van der Waals surface area contributed by atoms with Gasteiger partial charge < -0.3 is 0 Å². The molecule has 0 heteroatoms. The maximum absolute atomic E-state index is 2.39. The van der Waals surface area contributed by atoms with Crippen LogP contribution in [-0.2, 0) is 0 Å². The van der Waals surface area contributed by atoms with Crippen LogP contribution in [0.25, 0.3) is 21.9 Å². The lowest BCUT2D eigenvalue weighted by atomic mass is 9.93. The molecular weight excluding hydrogens is 216 g/mol. The lowest BCUT2D eigenvalue weighted by Crippen LogP contribution is -1.90. The van der Waals surface area contributed by atoms with Crippen molar-refractivity contribution in [3.8, 4) is 0 Å². The fourth-order valence-corrected chi connectivity index (χ4v) is 3.42. The van der Waals surface area contributed by atoms with Crippen molar-refractivity contribution in [1.82, 2.24) is 0 Å². The molecule has 0 atom stereocenters. The van der Waals surface area contributed by atoms with Crippen LogP contribution in [0.5, 0.6) is 0 Å². The molecule has 4 rings (SSSR count). The van der Waals surface area contributed by atoms with Crippen LogP contribution in [0.2, 0.25) is 0 Å². The number of allylic oxidation sites excluding steroid dienone is 4. The Balaban J connectivity index is 2.21. The minimum atomic E-state index is 1.18. The monoisotopic (exact) mass is 232 g/mol. The molecular formula is C18H16. The van der Waals surface area contributed by atoms with Crippen LogP contribution >= 0.6 is 0 Å². The van der Waals surface area contributed by atoms with Crippen molar-refractivity contribution < 1.29 is 0 Å². The van der Waals surface area contributed by atoms with Crippen molar-refractivity contribution in [1.29, 1.82) is 0 Å². The second-order valence-electron chi connectivity index (χ2n) is 5.43. The van der Waals surface area contributed by atoms with Gasteiger partial charge in [-0.25, -0.2) is 0 Å². The summed E-state index contributed by atoms with van der Waals surface area (Å²) in [5.74, 6) is 0. The Labute approximate surface area is 108 Å². The van der Waals surface area contributed by atoms with Crippen LogP contribution in [0.3, 0.4) is 0 Å². The van der Waals surface area contributed by atoms with Crippen molar-refractivity contribution in [3.63, 3.8) is 0 Å². The molecule has 0 unspecified atom stereocenters. The third kappa shape index (κ3) is 1.11. The van der Waals surface area contributed by atoms with E-state index in [2.05, 4.69) is 50.3 Å². The molecule has 2 aromatic carbocycles. The molecule has 0 heterocycles. The number of benzene rings is 2. The second-order valence-corrected chi connectivity index (χ2v) is 5.43. The zero-order valence-electron chi connectivity index (χ0n) is 10.9. The van der Waals surface area contributed by atoms with E-state index in [4.69, 9.17) is 0 Å². The molecule has 0 radical (unpaired) electrons. The molecule has 0 nitrogen and oxygen atoms in total. The van der Waals surface area contributed by atoms with Gasteiger partial charge >= 0.3 is 0 Å². The van der Waals surface area contributed by atoms with E-state index in [1.807, 2.05) is 0 Å². The number of hydrogen-bond donors (Lipinski definition) is 0. The Morgan fingerprint density at radius 3 is 2.83 bits per heavy atom. The Morgan fingerprint density at radius 2 is 1.94 bits per heavy atom. The van der Waals surface area contributed by atoms with Crippen molar-refractivity contribution in [2.24, 2.45) is 0 Å². The summed E-state index contributed by atoms with van der Waals surface area (Å²) in [4.78, 5) is 0. The minimum Gasteiger partial charge on any atom is -0.0836 e. The van der Waals surface area contributed by atoms with Gasteiger partial charge in [-0.3, -0.25) is 0 Å². The van der Waals surface area contributed by atoms with Gasteiger partial charge in [0.05, 0.1) is 0 Å². The summed E-state index contributed by atoms with van der Waals surface area (Å²) in [6.45, 7) is 4.47. The van der Waals surface area contributed by atoms with Gasteiger partial charge in [0.15, 0.2) is 0 Å². The lowest BCUT2D eigenvalue weighted by molar-refractivity contribution is 1.06. The molecule has 2 aliphatic carbocycles. The van der Waals surface area contributed by atoms with E-state index in [1.165, 1.54) is 51.4 Å². The SMILES string of the molecule is Cc1cc2c3c(cccc3c1C)C1=C2CCC=C1. The van der Waals surface area contributed by atoms with Crippen molar-refractivity contribution >= 4 is 21.9 Å². The van der Waals surface area contributed by atoms with Gasteiger partial charge in [0.25, 0.3) is 0 Å². The summed E-state index contributed by atoms with van der Waals surface area (Å²) in [6.07, 6.45) is 7.00. The van der Waals surface area contributed by atoms with Crippen molar-refractivity contribution in [2.45, 2.75) is 26.7 Å². The molecule has 0 spiro atoms. The molecule has 0 N–H and O–H groups in total. The first kappa shape index (κ1) is 10.1. The first-order chi connectivity index (χ1) is 8.77. The van der Waals surface area contributed by atoms with E-state index in [0.29, 0.717) is 0 Å². The molecule has 0 saturated heterocycles. The molecule has 0 aliphatic heterocycles. The summed E-state index contributed by atoms with van der Waals surface area (Å²) in [6, 6.07) is 9.14. The van der Waals surface area contributed by atoms with Gasteiger partial charge in [-0.15, -0.1) is 0 Å². The average Bonchev–Trinajstić information content (AvgIpc) is 2.72. The van der Waals surface area contributed by atoms with Gasteiger partial charge in [-0.1, -0.05) is 36.4 Å². The largest absolute Gasteiger partial charge is 0.0836 e. The summed E-state index contributed by atoms with van der Waals surface area (Å²) in [7, 11) is 0. The Bertz CT molecular complexity index is 742. The van der Waals surface area contributed by atoms with E-state index >= 15 is 0 Å². The highest BCUT2D eigenvalue weighted by Crippen LogP contribution is 2.47. The fraction of sp³-hybridized carbons (Fsp3) is 0.222. The van der Waals surface area contributed by atoms with E-state index in [9.17, 15) is 0 Å². The first-order valence-corrected chi connectivity index (χ1v) is 6.71. The number of aryl methyl sites for hydroxylation is 2. The smallest absolute Gasteiger partial charge is 0.00269 e. The van der Waals surface area contributed by atoms with Crippen LogP contribution in [0.4, 0.5) is 0 Å². The standard InChI is InChI=1S/C18H16/c1-11-10-17-15-7-4-3-6-14(15)16-9-5-8-13(12(11)2)18(16)17/h3,5-6,8-10H,4,7H2,1-2H3. The number of fused-ring (bicyclic) bond motifs is 2. The molecule has 88 valence electrons. The maximum atomic E-state index is 2.39. The molecule has 0 aromatic heterocycles. The summed E-state index contributed by atoms with van der Waals surface area (Å²) in [5.41, 5.74) is 8.80. The van der Waals surface area contributed by atoms with Gasteiger partial charge in [0.2, 0.25) is 0 Å². The van der Waals surface area contributed by atoms with Gasteiger partial charge in [-0.05, 0) is 70.9 Å². The third-order valence-electron chi connectivity index (χ3n) is 4.48. The van der Waals surface area contributed by atoms with E-state index in [0.717, 1.165) is 0 Å². The zero-order chi connectivity index (χ0) is 12.3. The molecule has 18 heavy (non-hydrogen) atoms. The van der Waals surface area contributed by atoms with E-state index in [1.54, 1.807) is 5.57 Å². The van der Waals surface area contributed by atoms with Crippen LogP contribution in [0.1, 0.15) is 35.1 Å². The van der Waals surface area contributed by atoms with Gasteiger partial charge in [-0.2, -0.15) is 0 Å². The molecule has 0 amide bonds. The van der Waals surface area contributed by atoms with Crippen molar-refractivity contribution in [3.05, 3.63) is 58.7 Å². The summed E-state index contributed by atoms with van der Waals surface area (Å²) in [5, 5.41) is 2.92.